The van der Waals surface area contributed by atoms with E-state index in [1.54, 1.807) is 14.2 Å². The van der Waals surface area contributed by atoms with Gasteiger partial charge in [0.25, 0.3) is 0 Å². The van der Waals surface area contributed by atoms with Gasteiger partial charge in [0, 0.05) is 47.2 Å². The number of hydrogen-bond donors (Lipinski definition) is 0. The Bertz CT molecular complexity index is 854. The van der Waals surface area contributed by atoms with Crippen LogP contribution in [0, 0.1) is 0 Å². The van der Waals surface area contributed by atoms with Crippen LogP contribution in [-0.4, -0.2) is 25.8 Å². The van der Waals surface area contributed by atoms with Crippen molar-refractivity contribution >= 4 is 27.5 Å². The molecule has 3 aliphatic rings. The zero-order chi connectivity index (χ0) is 19.1. The summed E-state index contributed by atoms with van der Waals surface area (Å²) in [6.45, 7) is 0. The van der Waals surface area contributed by atoms with Crippen LogP contribution < -0.4 is 9.47 Å². The molecule has 6 heteroatoms. The molecule has 1 aromatic rings. The molecule has 1 aliphatic heterocycles. The summed E-state index contributed by atoms with van der Waals surface area (Å²) in [6.07, 6.45) is 4.00. The lowest BCUT2D eigenvalue weighted by molar-refractivity contribution is -0.117. The molecule has 0 N–H and O–H groups in total. The topological polar surface area (TPSA) is 61.8 Å². The second-order valence-corrected chi connectivity index (χ2v) is 7.85. The van der Waals surface area contributed by atoms with Crippen LogP contribution in [0.25, 0.3) is 0 Å². The van der Waals surface area contributed by atoms with Gasteiger partial charge in [-0.3, -0.25) is 9.59 Å². The summed E-state index contributed by atoms with van der Waals surface area (Å²) in [4.78, 5) is 25.7. The van der Waals surface area contributed by atoms with Crippen molar-refractivity contribution < 1.29 is 23.8 Å². The van der Waals surface area contributed by atoms with E-state index in [4.69, 9.17) is 14.2 Å². The number of ether oxygens (including phenoxy) is 3. The number of carbonyl (C=O) groups is 2. The Morgan fingerprint density at radius 1 is 0.889 bits per heavy atom. The Morgan fingerprint density at radius 2 is 1.41 bits per heavy atom. The Kier molecular flexibility index (Phi) is 4.84. The summed E-state index contributed by atoms with van der Waals surface area (Å²) >= 11 is 3.62. The van der Waals surface area contributed by atoms with Crippen molar-refractivity contribution in [3.8, 4) is 11.5 Å². The lowest BCUT2D eigenvalue weighted by atomic mass is 9.73. The van der Waals surface area contributed by atoms with Crippen molar-refractivity contribution in [1.29, 1.82) is 0 Å². The number of methoxy groups -OCH3 is 2. The molecule has 0 atom stereocenters. The number of Topliss-reactive ketones (excluding diaryl/α,β-unsaturated/α-hetero) is 2. The molecule has 0 spiro atoms. The number of hydrogen-bond acceptors (Lipinski definition) is 5. The van der Waals surface area contributed by atoms with Gasteiger partial charge in [-0.2, -0.15) is 0 Å². The molecule has 0 radical (unpaired) electrons. The van der Waals surface area contributed by atoms with Crippen LogP contribution in [0.4, 0.5) is 0 Å². The van der Waals surface area contributed by atoms with Gasteiger partial charge < -0.3 is 14.2 Å². The van der Waals surface area contributed by atoms with E-state index in [1.807, 2.05) is 12.1 Å². The molecule has 5 nitrogen and oxygen atoms in total. The highest BCUT2D eigenvalue weighted by Crippen LogP contribution is 2.50. The lowest BCUT2D eigenvalue weighted by Gasteiger charge is -2.36. The molecule has 0 unspecified atom stereocenters. The van der Waals surface area contributed by atoms with Gasteiger partial charge in [0.1, 0.15) is 11.5 Å². The van der Waals surface area contributed by atoms with Gasteiger partial charge in [-0.1, -0.05) is 15.9 Å². The third-order valence-corrected chi connectivity index (χ3v) is 6.14. The van der Waals surface area contributed by atoms with E-state index in [0.29, 0.717) is 35.5 Å². The molecule has 0 fully saturated rings. The third-order valence-electron chi connectivity index (χ3n) is 5.45. The number of allylic oxidation sites excluding steroid dienone is 4. The summed E-state index contributed by atoms with van der Waals surface area (Å²) in [7, 11) is 3.15. The first-order valence-corrected chi connectivity index (χ1v) is 9.96. The van der Waals surface area contributed by atoms with Crippen LogP contribution >= 0.6 is 15.9 Å². The molecule has 4 rings (SSSR count). The normalized spacial score (nSPS) is 20.3. The predicted molar refractivity (Wildman–Crippen MR) is 103 cm³/mol. The quantitative estimate of drug-likeness (QED) is 0.698. The van der Waals surface area contributed by atoms with E-state index in [9.17, 15) is 9.59 Å². The molecule has 1 heterocycles. The lowest BCUT2D eigenvalue weighted by Crippen LogP contribution is -2.30. The van der Waals surface area contributed by atoms with Gasteiger partial charge >= 0.3 is 0 Å². The van der Waals surface area contributed by atoms with Crippen LogP contribution in [0.2, 0.25) is 0 Å². The van der Waals surface area contributed by atoms with Gasteiger partial charge in [0.15, 0.2) is 23.1 Å². The average molecular weight is 433 g/mol. The minimum Gasteiger partial charge on any atom is -0.493 e. The largest absolute Gasteiger partial charge is 0.493 e. The first-order chi connectivity index (χ1) is 13.0. The average Bonchev–Trinajstić information content (AvgIpc) is 2.66. The van der Waals surface area contributed by atoms with E-state index in [0.717, 1.165) is 47.2 Å². The van der Waals surface area contributed by atoms with Crippen LogP contribution in [-0.2, 0) is 14.3 Å². The number of benzene rings is 1. The van der Waals surface area contributed by atoms with E-state index in [2.05, 4.69) is 15.9 Å². The number of halogens is 1. The van der Waals surface area contributed by atoms with Crippen LogP contribution in [0.1, 0.15) is 50.0 Å². The number of ketones is 2. The van der Waals surface area contributed by atoms with E-state index < -0.39 is 5.92 Å². The molecular weight excluding hydrogens is 412 g/mol. The van der Waals surface area contributed by atoms with E-state index in [-0.39, 0.29) is 11.6 Å². The fourth-order valence-corrected chi connectivity index (χ4v) is 4.77. The van der Waals surface area contributed by atoms with Crippen molar-refractivity contribution in [2.75, 3.05) is 14.2 Å². The predicted octanol–water partition coefficient (Wildman–Crippen LogP) is 4.59. The Hall–Kier alpha value is -2.08. The van der Waals surface area contributed by atoms with E-state index in [1.165, 1.54) is 0 Å². The maximum absolute atomic E-state index is 12.8. The molecule has 0 amide bonds. The molecule has 27 heavy (non-hydrogen) atoms. The molecule has 1 aromatic carbocycles. The summed E-state index contributed by atoms with van der Waals surface area (Å²) in [5, 5.41) is 0. The smallest absolute Gasteiger partial charge is 0.163 e. The Balaban J connectivity index is 1.95. The molecule has 2 aliphatic carbocycles. The fourth-order valence-electron chi connectivity index (χ4n) is 4.22. The minimum atomic E-state index is -0.418. The van der Waals surface area contributed by atoms with E-state index >= 15 is 0 Å². The molecule has 142 valence electrons. The highest BCUT2D eigenvalue weighted by Gasteiger charge is 2.42. The van der Waals surface area contributed by atoms with Gasteiger partial charge in [0.05, 0.1) is 14.2 Å². The Morgan fingerprint density at radius 3 is 1.93 bits per heavy atom. The zero-order valence-corrected chi connectivity index (χ0v) is 17.0. The maximum Gasteiger partial charge on any atom is 0.163 e. The number of rotatable bonds is 3. The first kappa shape index (κ1) is 18.3. The molecule has 0 saturated heterocycles. The van der Waals surface area contributed by atoms with Crippen molar-refractivity contribution in [3.63, 3.8) is 0 Å². The second-order valence-electron chi connectivity index (χ2n) is 6.99. The van der Waals surface area contributed by atoms with Crippen LogP contribution in [0.15, 0.2) is 39.3 Å². The zero-order valence-electron chi connectivity index (χ0n) is 15.4. The summed E-state index contributed by atoms with van der Waals surface area (Å²) in [5.74, 6) is 2.32. The van der Waals surface area contributed by atoms with Crippen molar-refractivity contribution in [3.05, 3.63) is 44.8 Å². The molecule has 0 bridgehead atoms. The van der Waals surface area contributed by atoms with Gasteiger partial charge in [-0.15, -0.1) is 0 Å². The van der Waals surface area contributed by atoms with Crippen LogP contribution in [0.5, 0.6) is 11.5 Å². The molecule has 0 saturated carbocycles. The van der Waals surface area contributed by atoms with Crippen molar-refractivity contribution in [2.24, 2.45) is 0 Å². The standard InChI is InChI=1S/C21H21BrO5/c1-25-17-9-11(12(22)10-18(17)26-2)19-20-13(23)5-3-7-15(20)27-16-8-4-6-14(24)21(16)19/h9-10,19H,3-8H2,1-2H3. The van der Waals surface area contributed by atoms with Gasteiger partial charge in [-0.05, 0) is 30.5 Å². The van der Waals surface area contributed by atoms with Gasteiger partial charge in [0.2, 0.25) is 0 Å². The summed E-state index contributed by atoms with van der Waals surface area (Å²) in [6, 6.07) is 3.68. The fraction of sp³-hybridized carbons (Fsp3) is 0.429. The maximum atomic E-state index is 12.8. The molecule has 0 aromatic heterocycles. The SMILES string of the molecule is COc1cc(Br)c(C2C3=C(CCCC3=O)OC3=C2C(=O)CCC3)cc1OC. The minimum absolute atomic E-state index is 0.0628. The van der Waals surface area contributed by atoms with Crippen molar-refractivity contribution in [1.82, 2.24) is 0 Å². The van der Waals surface area contributed by atoms with Crippen LogP contribution in [0.3, 0.4) is 0 Å². The van der Waals surface area contributed by atoms with Gasteiger partial charge in [-0.25, -0.2) is 0 Å². The molecular formula is C21H21BrO5. The summed E-state index contributed by atoms with van der Waals surface area (Å²) < 4.78 is 17.7. The Labute approximate surface area is 166 Å². The highest BCUT2D eigenvalue weighted by molar-refractivity contribution is 9.10. The monoisotopic (exact) mass is 432 g/mol. The first-order valence-electron chi connectivity index (χ1n) is 9.17. The second kappa shape index (κ2) is 7.15. The third kappa shape index (κ3) is 3.00. The highest BCUT2D eigenvalue weighted by atomic mass is 79.9. The van der Waals surface area contributed by atoms with Crippen molar-refractivity contribution in [2.45, 2.75) is 44.4 Å². The summed E-state index contributed by atoms with van der Waals surface area (Å²) in [5.41, 5.74) is 2.09. The number of carbonyl (C=O) groups excluding carboxylic acids is 2.